The van der Waals surface area contributed by atoms with Crippen LogP contribution in [0.5, 0.6) is 0 Å². The van der Waals surface area contributed by atoms with Gasteiger partial charge in [0.25, 0.3) is 5.56 Å². The smallest absolute Gasteiger partial charge is 0.258 e. The zero-order chi connectivity index (χ0) is 20.6. The summed E-state index contributed by atoms with van der Waals surface area (Å²) in [6.07, 6.45) is 2.41. The molecule has 7 heteroatoms. The van der Waals surface area contributed by atoms with Crippen LogP contribution in [0.1, 0.15) is 12.0 Å². The highest BCUT2D eigenvalue weighted by molar-refractivity contribution is 6.31. The van der Waals surface area contributed by atoms with Crippen molar-refractivity contribution in [3.63, 3.8) is 0 Å². The maximum absolute atomic E-state index is 12.4. The van der Waals surface area contributed by atoms with Crippen molar-refractivity contribution in [2.24, 2.45) is 0 Å². The molecule has 0 saturated heterocycles. The van der Waals surface area contributed by atoms with Gasteiger partial charge in [-0.2, -0.15) is 0 Å². The normalized spacial score (nSPS) is 10.7. The fourth-order valence-corrected chi connectivity index (χ4v) is 3.24. The van der Waals surface area contributed by atoms with E-state index in [1.807, 2.05) is 36.4 Å². The summed E-state index contributed by atoms with van der Waals surface area (Å²) < 4.78 is 1.36. The van der Waals surface area contributed by atoms with Gasteiger partial charge in [-0.1, -0.05) is 48.0 Å². The molecule has 0 spiro atoms. The number of halogens is 1. The van der Waals surface area contributed by atoms with E-state index < -0.39 is 0 Å². The lowest BCUT2D eigenvalue weighted by atomic mass is 10.1. The van der Waals surface area contributed by atoms with Gasteiger partial charge in [-0.05, 0) is 35.6 Å². The summed E-state index contributed by atoms with van der Waals surface area (Å²) in [5, 5.41) is 7.57. The molecule has 3 aromatic rings. The molecule has 2 N–H and O–H groups in total. The highest BCUT2D eigenvalue weighted by Crippen LogP contribution is 2.14. The third kappa shape index (κ3) is 5.68. The Morgan fingerprint density at radius 2 is 1.62 bits per heavy atom. The van der Waals surface area contributed by atoms with Crippen LogP contribution in [0, 0.1) is 0 Å². The van der Waals surface area contributed by atoms with Crippen molar-refractivity contribution in [1.82, 2.24) is 15.2 Å². The number of fused-ring (bicyclic) bond motifs is 1. The van der Waals surface area contributed by atoms with Crippen LogP contribution in [0.15, 0.2) is 65.6 Å². The molecule has 150 valence electrons. The number of nitrogens with zero attached hydrogens (tertiary/aromatic N) is 1. The van der Waals surface area contributed by atoms with Crippen LogP contribution in [-0.2, 0) is 22.6 Å². The Bertz CT molecular complexity index is 1080. The largest absolute Gasteiger partial charge is 0.356 e. The van der Waals surface area contributed by atoms with Crippen LogP contribution in [0.2, 0.25) is 5.02 Å². The molecule has 0 bridgehead atoms. The summed E-state index contributed by atoms with van der Waals surface area (Å²) in [6, 6.07) is 16.5. The third-order valence-electron chi connectivity index (χ3n) is 4.55. The van der Waals surface area contributed by atoms with E-state index in [9.17, 15) is 14.4 Å². The Hall–Kier alpha value is -3.12. The number of aromatic nitrogens is 1. The number of nitrogens with one attached hydrogen (secondary N) is 2. The van der Waals surface area contributed by atoms with E-state index in [-0.39, 0.29) is 36.9 Å². The molecular weight excluding hydrogens is 390 g/mol. The first-order valence-electron chi connectivity index (χ1n) is 9.39. The van der Waals surface area contributed by atoms with Gasteiger partial charge in [0.1, 0.15) is 6.54 Å². The van der Waals surface area contributed by atoms with Crippen LogP contribution in [-0.4, -0.2) is 29.5 Å². The van der Waals surface area contributed by atoms with Crippen molar-refractivity contribution in [2.75, 3.05) is 13.1 Å². The van der Waals surface area contributed by atoms with Gasteiger partial charge in [-0.25, -0.2) is 0 Å². The second kappa shape index (κ2) is 9.89. The van der Waals surface area contributed by atoms with E-state index in [0.29, 0.717) is 23.4 Å². The van der Waals surface area contributed by atoms with Crippen molar-refractivity contribution in [3.05, 3.63) is 81.7 Å². The second-order valence-electron chi connectivity index (χ2n) is 6.63. The van der Waals surface area contributed by atoms with Gasteiger partial charge in [0, 0.05) is 36.1 Å². The fourth-order valence-electron chi connectivity index (χ4n) is 3.01. The lowest BCUT2D eigenvalue weighted by Gasteiger charge is -2.09. The van der Waals surface area contributed by atoms with Gasteiger partial charge in [-0.15, -0.1) is 0 Å². The van der Waals surface area contributed by atoms with Crippen molar-refractivity contribution < 1.29 is 9.59 Å². The van der Waals surface area contributed by atoms with Gasteiger partial charge in [-0.3, -0.25) is 14.4 Å². The first-order chi connectivity index (χ1) is 14.0. The zero-order valence-electron chi connectivity index (χ0n) is 15.9. The van der Waals surface area contributed by atoms with Gasteiger partial charge < -0.3 is 15.2 Å². The zero-order valence-corrected chi connectivity index (χ0v) is 16.6. The molecule has 3 rings (SSSR count). The summed E-state index contributed by atoms with van der Waals surface area (Å²) in [5.74, 6) is -0.466. The predicted molar refractivity (Wildman–Crippen MR) is 114 cm³/mol. The molecule has 0 atom stereocenters. The second-order valence-corrected chi connectivity index (χ2v) is 7.03. The highest BCUT2D eigenvalue weighted by Gasteiger charge is 2.08. The minimum absolute atomic E-state index is 0.0855. The summed E-state index contributed by atoms with van der Waals surface area (Å²) in [7, 11) is 0. The van der Waals surface area contributed by atoms with Gasteiger partial charge >= 0.3 is 0 Å². The van der Waals surface area contributed by atoms with Crippen molar-refractivity contribution in [3.8, 4) is 0 Å². The number of pyridine rings is 1. The van der Waals surface area contributed by atoms with Gasteiger partial charge in [0.15, 0.2) is 0 Å². The Morgan fingerprint density at radius 1 is 0.897 bits per heavy atom. The van der Waals surface area contributed by atoms with E-state index >= 15 is 0 Å². The minimum atomic E-state index is -0.314. The summed E-state index contributed by atoms with van der Waals surface area (Å²) in [5.41, 5.74) is 0.763. The summed E-state index contributed by atoms with van der Waals surface area (Å²) in [6.45, 7) is 0.597. The lowest BCUT2D eigenvalue weighted by Crippen LogP contribution is -2.35. The topological polar surface area (TPSA) is 80.2 Å². The number of carbonyl (C=O) groups is 2. The van der Waals surface area contributed by atoms with Crippen LogP contribution < -0.4 is 16.2 Å². The molecule has 0 aliphatic rings. The quantitative estimate of drug-likeness (QED) is 0.597. The van der Waals surface area contributed by atoms with E-state index in [4.69, 9.17) is 11.6 Å². The average molecular weight is 412 g/mol. The predicted octanol–water partition coefficient (Wildman–Crippen LogP) is 2.52. The molecule has 2 amide bonds. The van der Waals surface area contributed by atoms with Gasteiger partial charge in [0.05, 0.1) is 0 Å². The molecule has 1 heterocycles. The first kappa shape index (κ1) is 20.6. The number of hydrogen-bond donors (Lipinski definition) is 2. The maximum atomic E-state index is 12.4. The monoisotopic (exact) mass is 411 g/mol. The highest BCUT2D eigenvalue weighted by atomic mass is 35.5. The first-order valence-corrected chi connectivity index (χ1v) is 9.77. The van der Waals surface area contributed by atoms with E-state index in [1.165, 1.54) is 4.57 Å². The molecule has 0 fully saturated rings. The van der Waals surface area contributed by atoms with Crippen molar-refractivity contribution in [2.45, 2.75) is 19.4 Å². The molecule has 2 aromatic carbocycles. The van der Waals surface area contributed by atoms with E-state index in [2.05, 4.69) is 10.6 Å². The maximum Gasteiger partial charge on any atom is 0.258 e. The standard InChI is InChI=1S/C22H22ClN3O3/c23-19-8-4-2-6-17(19)9-12-24-20(27)10-13-25-21(28)15-26-14-11-16-5-1-3-7-18(16)22(26)29/h1-8,11,14H,9-10,12-13,15H2,(H,24,27)(H,25,28). The molecule has 0 saturated carbocycles. The average Bonchev–Trinajstić information content (AvgIpc) is 2.72. The minimum Gasteiger partial charge on any atom is -0.356 e. The lowest BCUT2D eigenvalue weighted by molar-refractivity contribution is -0.122. The number of amides is 2. The van der Waals surface area contributed by atoms with Crippen LogP contribution in [0.25, 0.3) is 10.8 Å². The third-order valence-corrected chi connectivity index (χ3v) is 4.92. The number of hydrogen-bond acceptors (Lipinski definition) is 3. The number of rotatable bonds is 8. The van der Waals surface area contributed by atoms with Gasteiger partial charge in [0.2, 0.25) is 11.8 Å². The molecule has 0 aliphatic carbocycles. The van der Waals surface area contributed by atoms with Crippen LogP contribution in [0.3, 0.4) is 0 Å². The Balaban J connectivity index is 1.41. The van der Waals surface area contributed by atoms with Crippen molar-refractivity contribution in [1.29, 1.82) is 0 Å². The van der Waals surface area contributed by atoms with E-state index in [0.717, 1.165) is 10.9 Å². The van der Waals surface area contributed by atoms with E-state index in [1.54, 1.807) is 24.4 Å². The SMILES string of the molecule is O=C(CCNC(=O)Cn1ccc2ccccc2c1=O)NCCc1ccccc1Cl. The van der Waals surface area contributed by atoms with Crippen LogP contribution >= 0.6 is 11.6 Å². The molecule has 29 heavy (non-hydrogen) atoms. The summed E-state index contributed by atoms with van der Waals surface area (Å²) in [4.78, 5) is 36.4. The molecule has 0 radical (unpaired) electrons. The van der Waals surface area contributed by atoms with Crippen molar-refractivity contribution >= 4 is 34.2 Å². The number of carbonyl (C=O) groups excluding carboxylic acids is 2. The molecular formula is C22H22ClN3O3. The van der Waals surface area contributed by atoms with Crippen LogP contribution in [0.4, 0.5) is 0 Å². The molecule has 6 nitrogen and oxygen atoms in total. The molecule has 0 aliphatic heterocycles. The summed E-state index contributed by atoms with van der Waals surface area (Å²) >= 11 is 6.08. The Morgan fingerprint density at radius 3 is 2.45 bits per heavy atom. The molecule has 1 aromatic heterocycles. The fraction of sp³-hybridized carbons (Fsp3) is 0.227. The Labute approximate surface area is 173 Å². The Kier molecular flexibility index (Phi) is 7.03. The number of benzene rings is 2. The molecule has 0 unspecified atom stereocenters.